The minimum atomic E-state index is -1.66. The van der Waals surface area contributed by atoms with E-state index < -0.39 is 28.2 Å². The molecule has 2 aromatic rings. The van der Waals surface area contributed by atoms with Crippen LogP contribution in [0.3, 0.4) is 0 Å². The molecule has 1 aliphatic heterocycles. The number of allylic oxidation sites excluding steroid dienone is 1. The van der Waals surface area contributed by atoms with Crippen molar-refractivity contribution in [2.75, 3.05) is 0 Å². The fourth-order valence-electron chi connectivity index (χ4n) is 3.56. The zero-order valence-corrected chi connectivity index (χ0v) is 24.7. The number of ether oxygens (including phenoxy) is 1. The standard InChI is InChI=1S/C20H6Br4Cl4O5/c21-5-1-3-7(8-9(20(31)32)13(26)15(28)14(27)12(8)25)4-2-6(22)17(30)11(24)19(4)33-18(3)10(23)16(5)29/h1-2,10,18,30H,(H,31,32)/p-2. The Hall–Kier alpha value is -0.260. The largest absolute Gasteiger partial charge is 0.871 e. The van der Waals surface area contributed by atoms with Gasteiger partial charge < -0.3 is 19.7 Å². The number of fused-ring (bicyclic) bond motifs is 2. The van der Waals surface area contributed by atoms with Crippen LogP contribution in [0.2, 0.25) is 20.1 Å². The second-order valence-corrected chi connectivity index (χ2v) is 11.8. The predicted molar refractivity (Wildman–Crippen MR) is 137 cm³/mol. The SMILES string of the molecule is O=C([O-])c1c(Cl)c(Cl)c(Cl)c(Cl)c1C1=C2C=C(Br)C(=O)C(Br)C2Oc2c1cc(Br)c([O-])c2Br. The van der Waals surface area contributed by atoms with Crippen molar-refractivity contribution in [1.82, 2.24) is 0 Å². The number of benzene rings is 2. The zero-order valence-electron chi connectivity index (χ0n) is 15.4. The molecule has 33 heavy (non-hydrogen) atoms. The third-order valence-corrected chi connectivity index (χ3v) is 9.62. The summed E-state index contributed by atoms with van der Waals surface area (Å²) >= 11 is 38.2. The van der Waals surface area contributed by atoms with Crippen molar-refractivity contribution in [2.45, 2.75) is 10.9 Å². The molecule has 172 valence electrons. The highest BCUT2D eigenvalue weighted by Gasteiger charge is 2.42. The average Bonchev–Trinajstić information content (AvgIpc) is 2.76. The number of carboxylic acids is 1. The zero-order chi connectivity index (χ0) is 24.5. The Bertz CT molecular complexity index is 1360. The minimum Gasteiger partial charge on any atom is -0.871 e. The number of carboxylic acid groups (broad SMARTS) is 1. The van der Waals surface area contributed by atoms with Gasteiger partial charge in [-0.05, 0) is 44.0 Å². The lowest BCUT2D eigenvalue weighted by Gasteiger charge is -2.37. The number of ketones is 1. The van der Waals surface area contributed by atoms with Gasteiger partial charge in [0.05, 0.1) is 35.0 Å². The average molecular weight is 786 g/mol. The van der Waals surface area contributed by atoms with E-state index in [0.717, 1.165) is 0 Å². The van der Waals surface area contributed by atoms with Gasteiger partial charge in [0, 0.05) is 32.3 Å². The van der Waals surface area contributed by atoms with Crippen LogP contribution in [-0.2, 0) is 4.79 Å². The van der Waals surface area contributed by atoms with Gasteiger partial charge in [-0.1, -0.05) is 84.0 Å². The van der Waals surface area contributed by atoms with Crippen molar-refractivity contribution in [3.8, 4) is 11.5 Å². The van der Waals surface area contributed by atoms with Crippen molar-refractivity contribution < 1.29 is 24.5 Å². The van der Waals surface area contributed by atoms with Crippen molar-refractivity contribution in [3.05, 3.63) is 67.9 Å². The van der Waals surface area contributed by atoms with Gasteiger partial charge in [0.1, 0.15) is 16.7 Å². The molecular weight excluding hydrogens is 782 g/mol. The molecular formula is C20H4Br4Cl4O5-2. The number of carbonyl (C=O) groups excluding carboxylic acids is 2. The first-order valence-corrected chi connectivity index (χ1v) is 13.4. The van der Waals surface area contributed by atoms with Gasteiger partial charge in [0.15, 0.2) is 5.78 Å². The number of carbonyl (C=O) groups is 2. The molecule has 1 heterocycles. The topological polar surface area (TPSA) is 89.5 Å². The highest BCUT2D eigenvalue weighted by molar-refractivity contribution is 9.12. The summed E-state index contributed by atoms with van der Waals surface area (Å²) in [7, 11) is 0. The minimum absolute atomic E-state index is 0.0569. The molecule has 0 saturated heterocycles. The van der Waals surface area contributed by atoms with E-state index in [0.29, 0.717) is 11.1 Å². The molecule has 2 aliphatic rings. The molecule has 1 aliphatic carbocycles. The summed E-state index contributed by atoms with van der Waals surface area (Å²) < 4.78 is 6.48. The summed E-state index contributed by atoms with van der Waals surface area (Å²) in [6, 6.07) is 1.45. The second-order valence-electron chi connectivity index (χ2n) is 6.80. The van der Waals surface area contributed by atoms with Crippen LogP contribution < -0.4 is 14.9 Å². The quantitative estimate of drug-likeness (QED) is 0.199. The van der Waals surface area contributed by atoms with E-state index in [4.69, 9.17) is 51.1 Å². The summed E-state index contributed by atoms with van der Waals surface area (Å²) in [4.78, 5) is 23.9. The Labute approximate surface area is 240 Å². The maximum Gasteiger partial charge on any atom is 0.187 e. The number of hydrogen-bond acceptors (Lipinski definition) is 5. The van der Waals surface area contributed by atoms with Crippen LogP contribution in [0.15, 0.2) is 31.1 Å². The Kier molecular flexibility index (Phi) is 7.29. The molecule has 0 radical (unpaired) electrons. The summed E-state index contributed by atoms with van der Waals surface area (Å²) in [5.41, 5.74) is 0.303. The fourth-order valence-corrected chi connectivity index (χ4v) is 7.24. The molecule has 2 atom stereocenters. The first-order chi connectivity index (χ1) is 15.4. The number of rotatable bonds is 2. The van der Waals surface area contributed by atoms with Crippen LogP contribution >= 0.6 is 110 Å². The molecule has 2 aromatic carbocycles. The molecule has 0 spiro atoms. The lowest BCUT2D eigenvalue weighted by molar-refractivity contribution is -0.270. The van der Waals surface area contributed by atoms with Crippen LogP contribution in [0, 0.1) is 0 Å². The molecule has 0 N–H and O–H groups in total. The van der Waals surface area contributed by atoms with Gasteiger partial charge in [-0.15, -0.1) is 0 Å². The third kappa shape index (κ3) is 4.00. The van der Waals surface area contributed by atoms with E-state index in [2.05, 4.69) is 63.7 Å². The van der Waals surface area contributed by atoms with E-state index >= 15 is 0 Å². The summed E-state index contributed by atoms with van der Waals surface area (Å²) in [6.07, 6.45) is 0.541. The number of hydrogen-bond donors (Lipinski definition) is 0. The number of alkyl halides is 1. The van der Waals surface area contributed by atoms with Gasteiger partial charge in [0.2, 0.25) is 0 Å². The molecule has 0 amide bonds. The van der Waals surface area contributed by atoms with E-state index in [1.54, 1.807) is 0 Å². The number of halogens is 8. The van der Waals surface area contributed by atoms with Crippen molar-refractivity contribution >= 4 is 127 Å². The normalized spacial score (nSPS) is 19.6. The monoisotopic (exact) mass is 780 g/mol. The van der Waals surface area contributed by atoms with Gasteiger partial charge in [0.25, 0.3) is 0 Å². The van der Waals surface area contributed by atoms with Crippen molar-refractivity contribution in [1.29, 1.82) is 0 Å². The van der Waals surface area contributed by atoms with E-state index in [9.17, 15) is 19.8 Å². The van der Waals surface area contributed by atoms with Crippen LogP contribution in [0.5, 0.6) is 11.5 Å². The fraction of sp³-hybridized carbons (Fsp3) is 0.100. The Morgan fingerprint density at radius 1 is 1.03 bits per heavy atom. The van der Waals surface area contributed by atoms with Gasteiger partial charge in [-0.3, -0.25) is 4.79 Å². The van der Waals surface area contributed by atoms with Crippen LogP contribution in [-0.4, -0.2) is 22.7 Å². The highest BCUT2D eigenvalue weighted by atomic mass is 79.9. The second kappa shape index (κ2) is 9.32. The van der Waals surface area contributed by atoms with Crippen LogP contribution in [0.4, 0.5) is 0 Å². The lowest BCUT2D eigenvalue weighted by atomic mass is 9.82. The lowest BCUT2D eigenvalue weighted by Crippen LogP contribution is -2.41. The van der Waals surface area contributed by atoms with E-state index in [1.165, 1.54) is 12.1 Å². The molecule has 13 heteroatoms. The molecule has 0 bridgehead atoms. The summed E-state index contributed by atoms with van der Waals surface area (Å²) in [5, 5.41) is 23.7. The molecule has 2 unspecified atom stereocenters. The van der Waals surface area contributed by atoms with Crippen LogP contribution in [0.25, 0.3) is 5.57 Å². The summed E-state index contributed by atoms with van der Waals surface area (Å²) in [5.74, 6) is -2.31. The molecule has 0 aromatic heterocycles. The van der Waals surface area contributed by atoms with Crippen LogP contribution in [0.1, 0.15) is 21.5 Å². The van der Waals surface area contributed by atoms with Gasteiger partial charge in [-0.2, -0.15) is 0 Å². The van der Waals surface area contributed by atoms with E-state index in [1.807, 2.05) is 0 Å². The smallest absolute Gasteiger partial charge is 0.187 e. The van der Waals surface area contributed by atoms with E-state index in [-0.39, 0.29) is 56.2 Å². The first kappa shape index (κ1) is 25.8. The third-order valence-electron chi connectivity index (χ3n) is 5.00. The van der Waals surface area contributed by atoms with Crippen molar-refractivity contribution in [3.63, 3.8) is 0 Å². The molecule has 0 saturated carbocycles. The number of aromatic carboxylic acids is 1. The molecule has 0 fully saturated rings. The molecule has 5 nitrogen and oxygen atoms in total. The van der Waals surface area contributed by atoms with Crippen molar-refractivity contribution in [2.24, 2.45) is 0 Å². The maximum atomic E-state index is 12.6. The van der Waals surface area contributed by atoms with Gasteiger partial charge >= 0.3 is 0 Å². The Morgan fingerprint density at radius 2 is 1.64 bits per heavy atom. The first-order valence-electron chi connectivity index (χ1n) is 8.61. The number of Topliss-reactive ketones (excluding diaryl/α,β-unsaturated/α-hetero) is 1. The van der Waals surface area contributed by atoms with Gasteiger partial charge in [-0.25, -0.2) is 0 Å². The molecule has 4 rings (SSSR count). The highest BCUT2D eigenvalue weighted by Crippen LogP contribution is 2.54. The predicted octanol–water partition coefficient (Wildman–Crippen LogP) is 6.45. The maximum absolute atomic E-state index is 12.6. The summed E-state index contributed by atoms with van der Waals surface area (Å²) in [6.45, 7) is 0. The Balaban J connectivity index is 2.26. The Morgan fingerprint density at radius 3 is 2.24 bits per heavy atom.